The van der Waals surface area contributed by atoms with Gasteiger partial charge in [0.15, 0.2) is 11.5 Å². The molecule has 19 heavy (non-hydrogen) atoms. The standard InChI is InChI=1S/C16H27NO2/c1-4-5-6-7-8-11-14(17)13-10-9-12-15(18-2)16(13)19-3/h9-10,12,14H,4-8,11,17H2,1-3H3. The zero-order valence-electron chi connectivity index (χ0n) is 12.4. The minimum absolute atomic E-state index is 0.0201. The van der Waals surface area contributed by atoms with Crippen LogP contribution in [-0.4, -0.2) is 14.2 Å². The summed E-state index contributed by atoms with van der Waals surface area (Å²) in [5, 5.41) is 0. The van der Waals surface area contributed by atoms with Gasteiger partial charge in [0.25, 0.3) is 0 Å². The largest absolute Gasteiger partial charge is 0.493 e. The average Bonchev–Trinajstić information content (AvgIpc) is 2.45. The van der Waals surface area contributed by atoms with E-state index >= 15 is 0 Å². The Hall–Kier alpha value is -1.22. The molecular formula is C16H27NO2. The van der Waals surface area contributed by atoms with Crippen LogP contribution in [0.15, 0.2) is 18.2 Å². The van der Waals surface area contributed by atoms with Crippen molar-refractivity contribution in [2.75, 3.05) is 14.2 Å². The summed E-state index contributed by atoms with van der Waals surface area (Å²) in [7, 11) is 3.31. The Morgan fingerprint density at radius 1 is 1.05 bits per heavy atom. The zero-order valence-corrected chi connectivity index (χ0v) is 12.4. The molecule has 0 saturated heterocycles. The lowest BCUT2D eigenvalue weighted by Crippen LogP contribution is -2.12. The first-order valence-electron chi connectivity index (χ1n) is 7.21. The molecule has 0 aliphatic rings. The number of hydrogen-bond acceptors (Lipinski definition) is 3. The third kappa shape index (κ3) is 4.75. The molecule has 0 fully saturated rings. The van der Waals surface area contributed by atoms with Crippen LogP contribution in [-0.2, 0) is 0 Å². The molecule has 0 saturated carbocycles. The van der Waals surface area contributed by atoms with Crippen LogP contribution < -0.4 is 15.2 Å². The van der Waals surface area contributed by atoms with Crippen molar-refractivity contribution in [2.24, 2.45) is 5.73 Å². The maximum Gasteiger partial charge on any atom is 0.165 e. The molecule has 0 aromatic heterocycles. The quantitative estimate of drug-likeness (QED) is 0.685. The number of ether oxygens (including phenoxy) is 2. The summed E-state index contributed by atoms with van der Waals surface area (Å²) >= 11 is 0. The smallest absolute Gasteiger partial charge is 0.165 e. The summed E-state index contributed by atoms with van der Waals surface area (Å²) in [6.07, 6.45) is 7.31. The van der Waals surface area contributed by atoms with Crippen LogP contribution in [0.1, 0.15) is 57.1 Å². The van der Waals surface area contributed by atoms with E-state index in [1.165, 1.54) is 32.1 Å². The molecule has 108 valence electrons. The lowest BCUT2D eigenvalue weighted by molar-refractivity contribution is 0.348. The molecule has 1 rings (SSSR count). The number of para-hydroxylation sites is 1. The third-order valence-corrected chi connectivity index (χ3v) is 3.45. The van der Waals surface area contributed by atoms with Gasteiger partial charge in [0.2, 0.25) is 0 Å². The van der Waals surface area contributed by atoms with Gasteiger partial charge in [-0.3, -0.25) is 0 Å². The Morgan fingerprint density at radius 3 is 2.42 bits per heavy atom. The van der Waals surface area contributed by atoms with Crippen LogP contribution in [0.5, 0.6) is 11.5 Å². The normalized spacial score (nSPS) is 12.2. The summed E-state index contributed by atoms with van der Waals surface area (Å²) in [4.78, 5) is 0. The topological polar surface area (TPSA) is 44.5 Å². The van der Waals surface area contributed by atoms with E-state index in [0.717, 1.165) is 23.5 Å². The number of nitrogens with two attached hydrogens (primary N) is 1. The highest BCUT2D eigenvalue weighted by atomic mass is 16.5. The van der Waals surface area contributed by atoms with Gasteiger partial charge in [-0.25, -0.2) is 0 Å². The summed E-state index contributed by atoms with van der Waals surface area (Å²) in [5.41, 5.74) is 7.31. The molecule has 0 radical (unpaired) electrons. The SMILES string of the molecule is CCCCCCCC(N)c1cccc(OC)c1OC. The molecular weight excluding hydrogens is 238 g/mol. The minimum atomic E-state index is 0.0201. The van der Waals surface area contributed by atoms with Crippen molar-refractivity contribution >= 4 is 0 Å². The van der Waals surface area contributed by atoms with Gasteiger partial charge in [-0.05, 0) is 12.5 Å². The van der Waals surface area contributed by atoms with Gasteiger partial charge in [-0.2, -0.15) is 0 Å². The first-order valence-corrected chi connectivity index (χ1v) is 7.21. The Bertz CT molecular complexity index is 366. The zero-order chi connectivity index (χ0) is 14.1. The van der Waals surface area contributed by atoms with Crippen molar-refractivity contribution in [3.8, 4) is 11.5 Å². The van der Waals surface area contributed by atoms with Crippen molar-refractivity contribution in [3.63, 3.8) is 0 Å². The Balaban J connectivity index is 2.58. The van der Waals surface area contributed by atoms with Gasteiger partial charge < -0.3 is 15.2 Å². The van der Waals surface area contributed by atoms with Crippen LogP contribution >= 0.6 is 0 Å². The van der Waals surface area contributed by atoms with Gasteiger partial charge in [0, 0.05) is 11.6 Å². The van der Waals surface area contributed by atoms with Crippen LogP contribution in [0.4, 0.5) is 0 Å². The molecule has 0 spiro atoms. The number of hydrogen-bond donors (Lipinski definition) is 1. The van der Waals surface area contributed by atoms with Crippen molar-refractivity contribution in [2.45, 2.75) is 51.5 Å². The highest BCUT2D eigenvalue weighted by Gasteiger charge is 2.15. The van der Waals surface area contributed by atoms with E-state index in [1.54, 1.807) is 14.2 Å². The Kier molecular flexibility index (Phi) is 7.34. The number of rotatable bonds is 9. The molecule has 0 aliphatic carbocycles. The minimum Gasteiger partial charge on any atom is -0.493 e. The maximum absolute atomic E-state index is 6.27. The van der Waals surface area contributed by atoms with Crippen LogP contribution in [0.2, 0.25) is 0 Å². The van der Waals surface area contributed by atoms with E-state index in [9.17, 15) is 0 Å². The van der Waals surface area contributed by atoms with E-state index in [4.69, 9.17) is 15.2 Å². The van der Waals surface area contributed by atoms with Crippen molar-refractivity contribution in [1.82, 2.24) is 0 Å². The van der Waals surface area contributed by atoms with Gasteiger partial charge in [0.1, 0.15) is 0 Å². The van der Waals surface area contributed by atoms with Gasteiger partial charge in [-0.1, -0.05) is 51.2 Å². The van der Waals surface area contributed by atoms with E-state index < -0.39 is 0 Å². The van der Waals surface area contributed by atoms with E-state index in [1.807, 2.05) is 18.2 Å². The predicted molar refractivity (Wildman–Crippen MR) is 79.9 cm³/mol. The van der Waals surface area contributed by atoms with Gasteiger partial charge in [-0.15, -0.1) is 0 Å². The van der Waals surface area contributed by atoms with E-state index in [0.29, 0.717) is 0 Å². The predicted octanol–water partition coefficient (Wildman–Crippen LogP) is 4.06. The molecule has 1 atom stereocenters. The molecule has 3 heteroatoms. The molecule has 1 unspecified atom stereocenters. The second-order valence-electron chi connectivity index (χ2n) is 4.89. The molecule has 0 aliphatic heterocycles. The molecule has 0 heterocycles. The fourth-order valence-corrected chi connectivity index (χ4v) is 2.33. The van der Waals surface area contributed by atoms with Crippen molar-refractivity contribution in [1.29, 1.82) is 0 Å². The summed E-state index contributed by atoms with van der Waals surface area (Å²) < 4.78 is 10.7. The molecule has 3 nitrogen and oxygen atoms in total. The third-order valence-electron chi connectivity index (χ3n) is 3.45. The van der Waals surface area contributed by atoms with Gasteiger partial charge in [0.05, 0.1) is 14.2 Å². The molecule has 2 N–H and O–H groups in total. The number of benzene rings is 1. The lowest BCUT2D eigenvalue weighted by Gasteiger charge is -2.17. The van der Waals surface area contributed by atoms with Crippen LogP contribution in [0.25, 0.3) is 0 Å². The fraction of sp³-hybridized carbons (Fsp3) is 0.625. The molecule has 0 amide bonds. The lowest BCUT2D eigenvalue weighted by atomic mass is 9.99. The molecule has 0 bridgehead atoms. The maximum atomic E-state index is 6.27. The highest BCUT2D eigenvalue weighted by molar-refractivity contribution is 5.47. The fourth-order valence-electron chi connectivity index (χ4n) is 2.33. The second-order valence-corrected chi connectivity index (χ2v) is 4.89. The van der Waals surface area contributed by atoms with E-state index in [-0.39, 0.29) is 6.04 Å². The highest BCUT2D eigenvalue weighted by Crippen LogP contribution is 2.35. The van der Waals surface area contributed by atoms with Crippen LogP contribution in [0.3, 0.4) is 0 Å². The first kappa shape index (κ1) is 15.8. The summed E-state index contributed by atoms with van der Waals surface area (Å²) in [5.74, 6) is 1.52. The number of unbranched alkanes of at least 4 members (excludes halogenated alkanes) is 4. The van der Waals surface area contributed by atoms with Crippen molar-refractivity contribution < 1.29 is 9.47 Å². The van der Waals surface area contributed by atoms with Gasteiger partial charge >= 0.3 is 0 Å². The average molecular weight is 265 g/mol. The van der Waals surface area contributed by atoms with E-state index in [2.05, 4.69) is 6.92 Å². The first-order chi connectivity index (χ1) is 9.24. The second kappa shape index (κ2) is 8.81. The summed E-state index contributed by atoms with van der Waals surface area (Å²) in [6.45, 7) is 2.23. The Morgan fingerprint density at radius 2 is 1.79 bits per heavy atom. The Labute approximate surface area is 117 Å². The monoisotopic (exact) mass is 265 g/mol. The molecule has 1 aromatic rings. The van der Waals surface area contributed by atoms with Crippen molar-refractivity contribution in [3.05, 3.63) is 23.8 Å². The summed E-state index contributed by atoms with van der Waals surface area (Å²) in [6, 6.07) is 5.91. The van der Waals surface area contributed by atoms with Crippen LogP contribution in [0, 0.1) is 0 Å². The number of methoxy groups -OCH3 is 2. The molecule has 1 aromatic carbocycles.